The van der Waals surface area contributed by atoms with E-state index in [1.54, 1.807) is 48.1 Å². The number of ether oxygens (including phenoxy) is 2. The Morgan fingerprint density at radius 1 is 1.15 bits per heavy atom. The van der Waals surface area contributed by atoms with Crippen molar-refractivity contribution in [1.82, 2.24) is 4.90 Å². The fraction of sp³-hybridized carbons (Fsp3) is 0.333. The second kappa shape index (κ2) is 8.12. The number of rotatable bonds is 5. The average molecular weight is 368 g/mol. The lowest BCUT2D eigenvalue weighted by Crippen LogP contribution is -2.57. The highest BCUT2D eigenvalue weighted by Crippen LogP contribution is 2.31. The molecular formula is C21H24N2O4. The summed E-state index contributed by atoms with van der Waals surface area (Å²) in [4.78, 5) is 29.2. The van der Waals surface area contributed by atoms with Crippen molar-refractivity contribution in [3.05, 3.63) is 54.1 Å². The molecule has 0 bridgehead atoms. The van der Waals surface area contributed by atoms with Crippen LogP contribution in [0.1, 0.15) is 24.2 Å². The number of nitrogens with zero attached hydrogens (tertiary/aromatic N) is 2. The number of anilines is 1. The first-order valence-electron chi connectivity index (χ1n) is 9.05. The molecule has 6 nitrogen and oxygen atoms in total. The molecule has 1 atom stereocenters. The molecule has 2 aromatic rings. The maximum absolute atomic E-state index is 13.0. The SMILES string of the molecule is CCOc1ccccc1N1CCN(C(=O)c2cccc(OC)c2)[C@@H](C)C1=O. The van der Waals surface area contributed by atoms with Gasteiger partial charge in [0.05, 0.1) is 19.4 Å². The monoisotopic (exact) mass is 368 g/mol. The maximum atomic E-state index is 13.0. The first kappa shape index (κ1) is 18.8. The van der Waals surface area contributed by atoms with Crippen LogP contribution >= 0.6 is 0 Å². The van der Waals surface area contributed by atoms with E-state index in [4.69, 9.17) is 9.47 Å². The predicted octanol–water partition coefficient (Wildman–Crippen LogP) is 2.97. The van der Waals surface area contributed by atoms with Crippen LogP contribution in [-0.4, -0.2) is 49.6 Å². The van der Waals surface area contributed by atoms with Crippen LogP contribution in [0, 0.1) is 0 Å². The summed E-state index contributed by atoms with van der Waals surface area (Å²) in [5.41, 5.74) is 1.25. The minimum Gasteiger partial charge on any atom is -0.497 e. The number of hydrogen-bond donors (Lipinski definition) is 0. The Labute approximate surface area is 159 Å². The van der Waals surface area contributed by atoms with Crippen molar-refractivity contribution in [2.24, 2.45) is 0 Å². The smallest absolute Gasteiger partial charge is 0.254 e. The molecular weight excluding hydrogens is 344 g/mol. The molecule has 142 valence electrons. The number of benzene rings is 2. The van der Waals surface area contributed by atoms with Crippen LogP contribution in [0.5, 0.6) is 11.5 Å². The zero-order valence-electron chi connectivity index (χ0n) is 15.8. The molecule has 1 saturated heterocycles. The van der Waals surface area contributed by atoms with Gasteiger partial charge < -0.3 is 19.3 Å². The van der Waals surface area contributed by atoms with E-state index >= 15 is 0 Å². The van der Waals surface area contributed by atoms with Crippen LogP contribution in [0.25, 0.3) is 0 Å². The molecule has 0 saturated carbocycles. The summed E-state index contributed by atoms with van der Waals surface area (Å²) < 4.78 is 10.8. The van der Waals surface area contributed by atoms with Gasteiger partial charge in [-0.3, -0.25) is 9.59 Å². The van der Waals surface area contributed by atoms with Crippen molar-refractivity contribution in [3.63, 3.8) is 0 Å². The number of carbonyl (C=O) groups is 2. The molecule has 0 N–H and O–H groups in total. The summed E-state index contributed by atoms with van der Waals surface area (Å²) in [6.45, 7) is 5.06. The number of amides is 2. The molecule has 2 amide bonds. The minimum absolute atomic E-state index is 0.121. The molecule has 1 aliphatic rings. The van der Waals surface area contributed by atoms with E-state index in [2.05, 4.69) is 0 Å². The zero-order valence-corrected chi connectivity index (χ0v) is 15.8. The summed E-state index contributed by atoms with van der Waals surface area (Å²) in [5, 5.41) is 0. The summed E-state index contributed by atoms with van der Waals surface area (Å²) in [5.74, 6) is 0.995. The third-order valence-electron chi connectivity index (χ3n) is 4.69. The highest BCUT2D eigenvalue weighted by Gasteiger charge is 2.36. The molecule has 6 heteroatoms. The van der Waals surface area contributed by atoms with E-state index in [1.165, 1.54) is 0 Å². The second-order valence-electron chi connectivity index (χ2n) is 6.30. The van der Waals surface area contributed by atoms with E-state index in [0.717, 1.165) is 5.69 Å². The number of para-hydroxylation sites is 2. The number of piperazine rings is 1. The molecule has 1 aliphatic heterocycles. The average Bonchev–Trinajstić information content (AvgIpc) is 2.70. The van der Waals surface area contributed by atoms with Crippen LogP contribution in [0.4, 0.5) is 5.69 Å². The first-order valence-corrected chi connectivity index (χ1v) is 9.05. The Balaban J connectivity index is 1.81. The molecule has 27 heavy (non-hydrogen) atoms. The second-order valence-corrected chi connectivity index (χ2v) is 6.30. The number of hydrogen-bond acceptors (Lipinski definition) is 4. The van der Waals surface area contributed by atoms with Gasteiger partial charge in [-0.15, -0.1) is 0 Å². The van der Waals surface area contributed by atoms with Gasteiger partial charge in [-0.2, -0.15) is 0 Å². The van der Waals surface area contributed by atoms with Gasteiger partial charge in [0.2, 0.25) is 5.91 Å². The van der Waals surface area contributed by atoms with E-state index in [1.807, 2.05) is 31.2 Å². The minimum atomic E-state index is -0.563. The van der Waals surface area contributed by atoms with Gasteiger partial charge in [-0.05, 0) is 44.2 Å². The van der Waals surface area contributed by atoms with E-state index < -0.39 is 6.04 Å². The summed E-state index contributed by atoms with van der Waals surface area (Å²) in [7, 11) is 1.56. The van der Waals surface area contributed by atoms with Crippen LogP contribution in [0.2, 0.25) is 0 Å². The lowest BCUT2D eigenvalue weighted by atomic mass is 10.1. The predicted molar refractivity (Wildman–Crippen MR) is 103 cm³/mol. The Bertz CT molecular complexity index is 836. The van der Waals surface area contributed by atoms with Crippen LogP contribution < -0.4 is 14.4 Å². The largest absolute Gasteiger partial charge is 0.497 e. The number of methoxy groups -OCH3 is 1. The quantitative estimate of drug-likeness (QED) is 0.814. The van der Waals surface area contributed by atoms with Gasteiger partial charge in [0.1, 0.15) is 17.5 Å². The van der Waals surface area contributed by atoms with Crippen molar-refractivity contribution in [1.29, 1.82) is 0 Å². The van der Waals surface area contributed by atoms with Crippen molar-refractivity contribution in [2.75, 3.05) is 31.7 Å². The Kier molecular flexibility index (Phi) is 5.64. The van der Waals surface area contributed by atoms with Crippen LogP contribution in [0.3, 0.4) is 0 Å². The Hall–Kier alpha value is -3.02. The number of carbonyl (C=O) groups excluding carboxylic acids is 2. The van der Waals surface area contributed by atoms with E-state index in [-0.39, 0.29) is 11.8 Å². The Morgan fingerprint density at radius 2 is 1.93 bits per heavy atom. The van der Waals surface area contributed by atoms with Gasteiger partial charge >= 0.3 is 0 Å². The third kappa shape index (κ3) is 3.74. The van der Waals surface area contributed by atoms with Gasteiger partial charge in [-0.1, -0.05) is 18.2 Å². The fourth-order valence-corrected chi connectivity index (χ4v) is 3.27. The van der Waals surface area contributed by atoms with Gasteiger partial charge in [0.25, 0.3) is 5.91 Å². The highest BCUT2D eigenvalue weighted by atomic mass is 16.5. The molecule has 0 spiro atoms. The molecule has 0 aliphatic carbocycles. The maximum Gasteiger partial charge on any atom is 0.254 e. The van der Waals surface area contributed by atoms with E-state index in [9.17, 15) is 9.59 Å². The standard InChI is InChI=1S/C21H24N2O4/c1-4-27-19-11-6-5-10-18(19)23-13-12-22(15(2)20(23)24)21(25)16-8-7-9-17(14-16)26-3/h5-11,14-15H,4,12-13H2,1-3H3/t15-/m0/s1. The van der Waals surface area contributed by atoms with Crippen molar-refractivity contribution in [2.45, 2.75) is 19.9 Å². The first-order chi connectivity index (χ1) is 13.1. The molecule has 3 rings (SSSR count). The Morgan fingerprint density at radius 3 is 2.67 bits per heavy atom. The van der Waals surface area contributed by atoms with E-state index in [0.29, 0.717) is 36.8 Å². The van der Waals surface area contributed by atoms with Crippen molar-refractivity contribution in [3.8, 4) is 11.5 Å². The molecule has 2 aromatic carbocycles. The summed E-state index contributed by atoms with van der Waals surface area (Å²) >= 11 is 0. The third-order valence-corrected chi connectivity index (χ3v) is 4.69. The van der Waals surface area contributed by atoms with Crippen molar-refractivity contribution < 1.29 is 19.1 Å². The lowest BCUT2D eigenvalue weighted by Gasteiger charge is -2.39. The zero-order chi connectivity index (χ0) is 19.4. The molecule has 1 heterocycles. The summed E-state index contributed by atoms with van der Waals surface area (Å²) in [6.07, 6.45) is 0. The molecule has 1 fully saturated rings. The fourth-order valence-electron chi connectivity index (χ4n) is 3.27. The highest BCUT2D eigenvalue weighted by molar-refractivity contribution is 6.04. The normalized spacial score (nSPS) is 17.0. The molecule has 0 unspecified atom stereocenters. The van der Waals surface area contributed by atoms with Gasteiger partial charge in [0, 0.05) is 18.7 Å². The lowest BCUT2D eigenvalue weighted by molar-refractivity contribution is -0.124. The van der Waals surface area contributed by atoms with Crippen LogP contribution in [0.15, 0.2) is 48.5 Å². The van der Waals surface area contributed by atoms with Gasteiger partial charge in [0.15, 0.2) is 0 Å². The van der Waals surface area contributed by atoms with Gasteiger partial charge in [-0.25, -0.2) is 0 Å². The van der Waals surface area contributed by atoms with Crippen molar-refractivity contribution >= 4 is 17.5 Å². The topological polar surface area (TPSA) is 59.1 Å². The summed E-state index contributed by atoms with van der Waals surface area (Å²) in [6, 6.07) is 13.9. The molecule has 0 aromatic heterocycles. The van der Waals surface area contributed by atoms with Crippen LogP contribution in [-0.2, 0) is 4.79 Å². The molecule has 0 radical (unpaired) electrons.